The SMILES string of the molecule is O=C(OCCc1ccccc1)C1CNCCN1C(=O)O. The number of nitrogens with zero attached hydrogens (tertiary/aromatic N) is 1. The molecule has 1 aromatic rings. The second-order valence-corrected chi connectivity index (χ2v) is 4.60. The summed E-state index contributed by atoms with van der Waals surface area (Å²) in [5.74, 6) is -0.490. The number of nitrogens with one attached hydrogen (secondary N) is 1. The van der Waals surface area contributed by atoms with E-state index in [-0.39, 0.29) is 6.61 Å². The van der Waals surface area contributed by atoms with Gasteiger partial charge in [0.1, 0.15) is 6.04 Å². The van der Waals surface area contributed by atoms with Gasteiger partial charge in [0.05, 0.1) is 6.61 Å². The Labute approximate surface area is 117 Å². The van der Waals surface area contributed by atoms with Gasteiger partial charge in [-0.3, -0.25) is 4.90 Å². The molecule has 1 saturated heterocycles. The van der Waals surface area contributed by atoms with Crippen molar-refractivity contribution in [1.82, 2.24) is 10.2 Å². The summed E-state index contributed by atoms with van der Waals surface area (Å²) < 4.78 is 5.18. The molecule has 6 heteroatoms. The number of esters is 1. The summed E-state index contributed by atoms with van der Waals surface area (Å²) in [7, 11) is 0. The van der Waals surface area contributed by atoms with Crippen molar-refractivity contribution in [1.29, 1.82) is 0 Å². The van der Waals surface area contributed by atoms with E-state index in [1.807, 2.05) is 30.3 Å². The van der Waals surface area contributed by atoms with Crippen LogP contribution in [0.5, 0.6) is 0 Å². The first-order valence-corrected chi connectivity index (χ1v) is 6.59. The predicted octanol–water partition coefficient (Wildman–Crippen LogP) is 0.724. The molecule has 20 heavy (non-hydrogen) atoms. The van der Waals surface area contributed by atoms with Crippen LogP contribution in [0.25, 0.3) is 0 Å². The van der Waals surface area contributed by atoms with E-state index in [9.17, 15) is 9.59 Å². The molecule has 0 aliphatic carbocycles. The number of carbonyl (C=O) groups is 2. The molecule has 0 bridgehead atoms. The van der Waals surface area contributed by atoms with Gasteiger partial charge in [-0.1, -0.05) is 30.3 Å². The zero-order valence-corrected chi connectivity index (χ0v) is 11.1. The summed E-state index contributed by atoms with van der Waals surface area (Å²) in [5.41, 5.74) is 1.08. The third kappa shape index (κ3) is 3.71. The number of piperazine rings is 1. The Morgan fingerprint density at radius 3 is 2.80 bits per heavy atom. The molecule has 1 aliphatic rings. The predicted molar refractivity (Wildman–Crippen MR) is 72.5 cm³/mol. The standard InChI is InChI=1S/C14H18N2O4/c17-13(12-10-15-7-8-16(12)14(18)19)20-9-6-11-4-2-1-3-5-11/h1-5,12,15H,6-10H2,(H,18,19). The number of hydrogen-bond donors (Lipinski definition) is 2. The van der Waals surface area contributed by atoms with Gasteiger partial charge in [-0.05, 0) is 5.56 Å². The molecule has 1 aliphatic heterocycles. The fourth-order valence-corrected chi connectivity index (χ4v) is 2.15. The topological polar surface area (TPSA) is 78.9 Å². The summed E-state index contributed by atoms with van der Waals surface area (Å²) in [6.07, 6.45) is -0.462. The molecule has 0 aromatic heterocycles. The third-order valence-corrected chi connectivity index (χ3v) is 3.24. The number of benzene rings is 1. The molecular formula is C14H18N2O4. The van der Waals surface area contributed by atoms with Crippen LogP contribution >= 0.6 is 0 Å². The van der Waals surface area contributed by atoms with Gasteiger partial charge in [0.2, 0.25) is 0 Å². The molecule has 1 fully saturated rings. The van der Waals surface area contributed by atoms with Gasteiger partial charge in [-0.15, -0.1) is 0 Å². The maximum absolute atomic E-state index is 11.9. The van der Waals surface area contributed by atoms with E-state index in [0.29, 0.717) is 26.1 Å². The number of rotatable bonds is 4. The lowest BCUT2D eigenvalue weighted by Gasteiger charge is -2.32. The van der Waals surface area contributed by atoms with Crippen LogP contribution < -0.4 is 5.32 Å². The number of carbonyl (C=O) groups excluding carboxylic acids is 1. The van der Waals surface area contributed by atoms with E-state index >= 15 is 0 Å². The summed E-state index contributed by atoms with van der Waals surface area (Å²) in [4.78, 5) is 24.1. The highest BCUT2D eigenvalue weighted by Crippen LogP contribution is 2.07. The largest absolute Gasteiger partial charge is 0.465 e. The maximum atomic E-state index is 11.9. The van der Waals surface area contributed by atoms with Crippen molar-refractivity contribution in [3.8, 4) is 0 Å². The van der Waals surface area contributed by atoms with Crippen LogP contribution in [0.15, 0.2) is 30.3 Å². The van der Waals surface area contributed by atoms with Crippen molar-refractivity contribution in [3.05, 3.63) is 35.9 Å². The number of hydrogen-bond acceptors (Lipinski definition) is 4. The van der Waals surface area contributed by atoms with Crippen LogP contribution in [0, 0.1) is 0 Å². The molecule has 1 amide bonds. The lowest BCUT2D eigenvalue weighted by Crippen LogP contribution is -2.57. The van der Waals surface area contributed by atoms with Gasteiger partial charge in [0.25, 0.3) is 0 Å². The fourth-order valence-electron chi connectivity index (χ4n) is 2.15. The van der Waals surface area contributed by atoms with Gasteiger partial charge in [0, 0.05) is 26.1 Å². The van der Waals surface area contributed by atoms with Crippen LogP contribution in [-0.2, 0) is 16.0 Å². The van der Waals surface area contributed by atoms with E-state index in [2.05, 4.69) is 5.32 Å². The number of ether oxygens (including phenoxy) is 1. The van der Waals surface area contributed by atoms with Gasteiger partial charge < -0.3 is 15.2 Å². The summed E-state index contributed by atoms with van der Waals surface area (Å²) >= 11 is 0. The highest BCUT2D eigenvalue weighted by Gasteiger charge is 2.33. The van der Waals surface area contributed by atoms with Crippen LogP contribution in [0.1, 0.15) is 5.56 Å². The Morgan fingerprint density at radius 1 is 1.35 bits per heavy atom. The second-order valence-electron chi connectivity index (χ2n) is 4.60. The quantitative estimate of drug-likeness (QED) is 0.794. The van der Waals surface area contributed by atoms with E-state index in [4.69, 9.17) is 9.84 Å². The van der Waals surface area contributed by atoms with Crippen molar-refractivity contribution < 1.29 is 19.4 Å². The zero-order chi connectivity index (χ0) is 14.4. The molecular weight excluding hydrogens is 260 g/mol. The van der Waals surface area contributed by atoms with Crippen LogP contribution in [0.3, 0.4) is 0 Å². The van der Waals surface area contributed by atoms with Gasteiger partial charge in [-0.25, -0.2) is 9.59 Å². The smallest absolute Gasteiger partial charge is 0.408 e. The lowest BCUT2D eigenvalue weighted by atomic mass is 10.2. The van der Waals surface area contributed by atoms with Crippen LogP contribution in [-0.4, -0.2) is 54.4 Å². The van der Waals surface area contributed by atoms with Crippen molar-refractivity contribution in [3.63, 3.8) is 0 Å². The molecule has 1 aromatic carbocycles. The second kappa shape index (κ2) is 6.91. The highest BCUT2D eigenvalue weighted by atomic mass is 16.5. The molecule has 2 rings (SSSR count). The monoisotopic (exact) mass is 278 g/mol. The summed E-state index contributed by atoms with van der Waals surface area (Å²) in [6.45, 7) is 1.41. The molecule has 108 valence electrons. The van der Waals surface area contributed by atoms with Gasteiger partial charge >= 0.3 is 12.1 Å². The Morgan fingerprint density at radius 2 is 2.10 bits per heavy atom. The van der Waals surface area contributed by atoms with E-state index in [1.165, 1.54) is 0 Å². The normalized spacial score (nSPS) is 18.6. The Hall–Kier alpha value is -2.08. The van der Waals surface area contributed by atoms with Crippen molar-refractivity contribution in [2.45, 2.75) is 12.5 Å². The third-order valence-electron chi connectivity index (χ3n) is 3.24. The Kier molecular flexibility index (Phi) is 4.95. The highest BCUT2D eigenvalue weighted by molar-refractivity contribution is 5.81. The minimum Gasteiger partial charge on any atom is -0.465 e. The van der Waals surface area contributed by atoms with Crippen LogP contribution in [0.2, 0.25) is 0 Å². The van der Waals surface area contributed by atoms with Gasteiger partial charge in [0.15, 0.2) is 0 Å². The first-order valence-electron chi connectivity index (χ1n) is 6.59. The molecule has 0 radical (unpaired) electrons. The average molecular weight is 278 g/mol. The van der Waals surface area contributed by atoms with Crippen LogP contribution in [0.4, 0.5) is 4.79 Å². The van der Waals surface area contributed by atoms with Crippen molar-refractivity contribution in [2.75, 3.05) is 26.2 Å². The molecule has 0 saturated carbocycles. The first kappa shape index (κ1) is 14.3. The van der Waals surface area contributed by atoms with E-state index in [1.54, 1.807) is 0 Å². The molecule has 0 spiro atoms. The van der Waals surface area contributed by atoms with E-state index in [0.717, 1.165) is 10.5 Å². The molecule has 6 nitrogen and oxygen atoms in total. The average Bonchev–Trinajstić information content (AvgIpc) is 2.48. The molecule has 1 unspecified atom stereocenters. The maximum Gasteiger partial charge on any atom is 0.408 e. The zero-order valence-electron chi connectivity index (χ0n) is 11.1. The molecule has 1 atom stereocenters. The van der Waals surface area contributed by atoms with Gasteiger partial charge in [-0.2, -0.15) is 0 Å². The van der Waals surface area contributed by atoms with Crippen molar-refractivity contribution in [2.24, 2.45) is 0 Å². The fraction of sp³-hybridized carbons (Fsp3) is 0.429. The minimum absolute atomic E-state index is 0.257. The van der Waals surface area contributed by atoms with E-state index < -0.39 is 18.1 Å². The lowest BCUT2D eigenvalue weighted by molar-refractivity contribution is -0.149. The van der Waals surface area contributed by atoms with Crippen molar-refractivity contribution >= 4 is 12.1 Å². The number of amides is 1. The molecule has 2 N–H and O–H groups in total. The Balaban J connectivity index is 1.83. The summed E-state index contributed by atoms with van der Waals surface area (Å²) in [5, 5.41) is 12.1. The minimum atomic E-state index is -1.09. The number of carboxylic acid groups (broad SMARTS) is 1. The Bertz CT molecular complexity index is 464. The molecule has 1 heterocycles. The first-order chi connectivity index (χ1) is 9.68. The summed E-state index contributed by atoms with van der Waals surface area (Å²) in [6, 6.07) is 8.94.